The molecule has 0 aliphatic carbocycles. The van der Waals surface area contributed by atoms with Crippen molar-refractivity contribution >= 4 is 27.2 Å². The summed E-state index contributed by atoms with van der Waals surface area (Å²) in [5, 5.41) is 6.56. The second-order valence-corrected chi connectivity index (χ2v) is 9.43. The van der Waals surface area contributed by atoms with Crippen molar-refractivity contribution in [2.75, 3.05) is 26.2 Å². The molecule has 1 aromatic carbocycles. The van der Waals surface area contributed by atoms with Gasteiger partial charge < -0.3 is 10.1 Å². The molecule has 6 nitrogen and oxygen atoms in total. The fourth-order valence-corrected chi connectivity index (χ4v) is 5.72. The number of benzene rings is 1. The maximum atomic E-state index is 11.9. The highest BCUT2D eigenvalue weighted by Gasteiger charge is 2.29. The van der Waals surface area contributed by atoms with Gasteiger partial charge in [0.2, 0.25) is 0 Å². The molecule has 1 N–H and O–H groups in total. The molecule has 0 saturated heterocycles. The van der Waals surface area contributed by atoms with Crippen LogP contribution in [-0.2, 0) is 16.6 Å². The molecule has 1 aliphatic rings. The maximum absolute atomic E-state index is 11.9. The number of nitrogens with one attached hydrogen (secondary N) is 1. The van der Waals surface area contributed by atoms with Crippen molar-refractivity contribution in [1.82, 2.24) is 10.2 Å². The monoisotopic (exact) mass is 435 g/mol. The standard InChI is InChI=1S/C21H29N3O3S2/c1-3-10-24(11-4-2)14-17-7-5-8-18(13-17)27-12-6-9-22-21-19-15-28-16-20(19)29(25,26)23-21/h5,7-8,13,15-16H,3-4,6,9-12,14H2,1-2H3,(H,22,23). The van der Waals surface area contributed by atoms with Crippen molar-refractivity contribution in [3.05, 3.63) is 46.2 Å². The Kier molecular flexibility index (Phi) is 7.69. The fourth-order valence-electron chi connectivity index (χ4n) is 3.37. The molecular weight excluding hydrogens is 406 g/mol. The Labute approximate surface area is 177 Å². The van der Waals surface area contributed by atoms with E-state index in [2.05, 4.69) is 40.6 Å². The summed E-state index contributed by atoms with van der Waals surface area (Å²) in [4.78, 5) is 2.77. The molecule has 3 rings (SSSR count). The lowest BCUT2D eigenvalue weighted by Gasteiger charge is -2.21. The summed E-state index contributed by atoms with van der Waals surface area (Å²) < 4.78 is 33.6. The summed E-state index contributed by atoms with van der Waals surface area (Å²) in [6.45, 7) is 8.73. The zero-order valence-electron chi connectivity index (χ0n) is 17.1. The van der Waals surface area contributed by atoms with Crippen LogP contribution in [-0.4, -0.2) is 45.4 Å². The second kappa shape index (κ2) is 10.2. The van der Waals surface area contributed by atoms with Crippen LogP contribution >= 0.6 is 11.3 Å². The molecule has 0 saturated carbocycles. The molecular formula is C21H29N3O3S2. The zero-order chi connectivity index (χ0) is 20.7. The number of rotatable bonds is 11. The highest BCUT2D eigenvalue weighted by Crippen LogP contribution is 2.28. The summed E-state index contributed by atoms with van der Waals surface area (Å²) in [7, 11) is -3.52. The Morgan fingerprint density at radius 2 is 1.97 bits per heavy atom. The summed E-state index contributed by atoms with van der Waals surface area (Å²) in [5.74, 6) is 1.31. The molecule has 1 aliphatic heterocycles. The second-order valence-electron chi connectivity index (χ2n) is 7.12. The first kappa shape index (κ1) is 21.8. The molecule has 0 atom stereocenters. The molecule has 0 spiro atoms. The van der Waals surface area contributed by atoms with Crippen LogP contribution in [0.3, 0.4) is 0 Å². The van der Waals surface area contributed by atoms with Crippen LogP contribution in [0.2, 0.25) is 0 Å². The van der Waals surface area contributed by atoms with Crippen molar-refractivity contribution in [2.24, 2.45) is 4.40 Å². The van der Waals surface area contributed by atoms with Gasteiger partial charge in [-0.2, -0.15) is 19.8 Å². The largest absolute Gasteiger partial charge is 0.494 e. The van der Waals surface area contributed by atoms with E-state index in [0.29, 0.717) is 29.4 Å². The SMILES string of the molecule is CCCN(CCC)Cc1cccc(OCCCNC2=NS(=O)(=O)c3cscc32)c1. The van der Waals surface area contributed by atoms with Crippen molar-refractivity contribution in [2.45, 2.75) is 44.6 Å². The van der Waals surface area contributed by atoms with Gasteiger partial charge in [-0.15, -0.1) is 4.40 Å². The van der Waals surface area contributed by atoms with Crippen LogP contribution in [0.4, 0.5) is 0 Å². The topological polar surface area (TPSA) is 71.0 Å². The van der Waals surface area contributed by atoms with Gasteiger partial charge in [-0.05, 0) is 50.0 Å². The van der Waals surface area contributed by atoms with E-state index in [0.717, 1.165) is 44.6 Å². The first-order chi connectivity index (χ1) is 14.0. The number of thiophene rings is 1. The maximum Gasteiger partial charge on any atom is 0.285 e. The minimum absolute atomic E-state index is 0.304. The van der Waals surface area contributed by atoms with E-state index >= 15 is 0 Å². The van der Waals surface area contributed by atoms with Crippen LogP contribution in [0.15, 0.2) is 44.3 Å². The van der Waals surface area contributed by atoms with Gasteiger partial charge in [0, 0.05) is 29.4 Å². The highest BCUT2D eigenvalue weighted by molar-refractivity contribution is 7.91. The van der Waals surface area contributed by atoms with Crippen LogP contribution in [0.25, 0.3) is 0 Å². The number of ether oxygens (including phenoxy) is 1. The smallest absolute Gasteiger partial charge is 0.285 e. The Bertz CT molecular complexity index is 932. The van der Waals surface area contributed by atoms with Crippen molar-refractivity contribution in [3.8, 4) is 5.75 Å². The van der Waals surface area contributed by atoms with Crippen LogP contribution < -0.4 is 10.1 Å². The van der Waals surface area contributed by atoms with Gasteiger partial charge in [-0.25, -0.2) is 0 Å². The minimum atomic E-state index is -3.52. The van der Waals surface area contributed by atoms with E-state index in [1.807, 2.05) is 17.5 Å². The molecule has 0 amide bonds. The minimum Gasteiger partial charge on any atom is -0.494 e. The number of fused-ring (bicyclic) bond motifs is 1. The molecule has 2 heterocycles. The number of sulfonamides is 1. The number of amidine groups is 1. The van der Waals surface area contributed by atoms with Crippen molar-refractivity contribution in [3.63, 3.8) is 0 Å². The van der Waals surface area contributed by atoms with E-state index in [4.69, 9.17) is 4.74 Å². The van der Waals surface area contributed by atoms with E-state index < -0.39 is 10.0 Å². The highest BCUT2D eigenvalue weighted by atomic mass is 32.2. The normalized spacial score (nSPS) is 14.7. The molecule has 29 heavy (non-hydrogen) atoms. The lowest BCUT2D eigenvalue weighted by molar-refractivity contribution is 0.265. The average molecular weight is 436 g/mol. The number of hydrogen-bond acceptors (Lipinski definition) is 6. The first-order valence-corrected chi connectivity index (χ1v) is 12.5. The molecule has 1 aromatic heterocycles. The zero-order valence-corrected chi connectivity index (χ0v) is 18.7. The predicted octanol–water partition coefficient (Wildman–Crippen LogP) is 3.88. The predicted molar refractivity (Wildman–Crippen MR) is 118 cm³/mol. The van der Waals surface area contributed by atoms with Gasteiger partial charge >= 0.3 is 0 Å². The van der Waals surface area contributed by atoms with Crippen molar-refractivity contribution < 1.29 is 13.2 Å². The quantitative estimate of drug-likeness (QED) is 0.543. The van der Waals surface area contributed by atoms with Crippen LogP contribution in [0, 0.1) is 0 Å². The van der Waals surface area contributed by atoms with E-state index in [1.54, 1.807) is 5.38 Å². The van der Waals surface area contributed by atoms with Gasteiger partial charge in [-0.1, -0.05) is 26.0 Å². The molecule has 158 valence electrons. The summed E-state index contributed by atoms with van der Waals surface area (Å²) in [5.41, 5.74) is 1.94. The third kappa shape index (κ3) is 5.81. The third-order valence-electron chi connectivity index (χ3n) is 4.64. The van der Waals surface area contributed by atoms with E-state index in [9.17, 15) is 8.42 Å². The summed E-state index contributed by atoms with van der Waals surface area (Å²) in [6, 6.07) is 8.27. The number of nitrogens with zero attached hydrogens (tertiary/aromatic N) is 2. The molecule has 8 heteroatoms. The van der Waals surface area contributed by atoms with E-state index in [-0.39, 0.29) is 0 Å². The van der Waals surface area contributed by atoms with E-state index in [1.165, 1.54) is 16.9 Å². The summed E-state index contributed by atoms with van der Waals surface area (Å²) >= 11 is 1.37. The van der Waals surface area contributed by atoms with Gasteiger partial charge in [0.25, 0.3) is 10.0 Å². The fraction of sp³-hybridized carbons (Fsp3) is 0.476. The molecule has 0 radical (unpaired) electrons. The third-order valence-corrected chi connectivity index (χ3v) is 6.85. The average Bonchev–Trinajstić information content (AvgIpc) is 3.26. The Morgan fingerprint density at radius 1 is 1.17 bits per heavy atom. The Hall–Kier alpha value is -1.90. The lowest BCUT2D eigenvalue weighted by atomic mass is 10.2. The first-order valence-electron chi connectivity index (χ1n) is 10.1. The van der Waals surface area contributed by atoms with Gasteiger partial charge in [0.15, 0.2) is 0 Å². The van der Waals surface area contributed by atoms with Gasteiger partial charge in [0.05, 0.1) is 6.61 Å². The Morgan fingerprint density at radius 3 is 2.72 bits per heavy atom. The van der Waals surface area contributed by atoms with Gasteiger partial charge in [-0.3, -0.25) is 4.90 Å². The van der Waals surface area contributed by atoms with Crippen LogP contribution in [0.5, 0.6) is 5.75 Å². The molecule has 0 unspecified atom stereocenters. The Balaban J connectivity index is 1.44. The lowest BCUT2D eigenvalue weighted by Crippen LogP contribution is -2.25. The molecule has 2 aromatic rings. The number of hydrogen-bond donors (Lipinski definition) is 1. The summed E-state index contributed by atoms with van der Waals surface area (Å²) in [6.07, 6.45) is 3.06. The van der Waals surface area contributed by atoms with Gasteiger partial charge in [0.1, 0.15) is 16.5 Å². The molecule has 0 fully saturated rings. The van der Waals surface area contributed by atoms with Crippen LogP contribution in [0.1, 0.15) is 44.2 Å². The van der Waals surface area contributed by atoms with Crippen molar-refractivity contribution in [1.29, 1.82) is 0 Å². The molecule has 0 bridgehead atoms.